The molecular formula is C24H27N3O4. The van der Waals surface area contributed by atoms with Gasteiger partial charge in [0.15, 0.2) is 6.61 Å². The van der Waals surface area contributed by atoms with Crippen LogP contribution >= 0.6 is 0 Å². The molecule has 0 aliphatic carbocycles. The number of carbonyl (C=O) groups is 3. The Hall–Kier alpha value is -3.35. The summed E-state index contributed by atoms with van der Waals surface area (Å²) < 4.78 is 5.13. The second kappa shape index (κ2) is 9.64. The number of nitrogens with zero attached hydrogens (tertiary/aromatic N) is 2. The van der Waals surface area contributed by atoms with Crippen LogP contribution in [0.3, 0.4) is 0 Å². The Morgan fingerprint density at radius 2 is 1.52 bits per heavy atom. The van der Waals surface area contributed by atoms with E-state index >= 15 is 0 Å². The van der Waals surface area contributed by atoms with Gasteiger partial charge in [0.25, 0.3) is 5.91 Å². The van der Waals surface area contributed by atoms with E-state index in [-0.39, 0.29) is 12.5 Å². The first-order valence-corrected chi connectivity index (χ1v) is 10.8. The van der Waals surface area contributed by atoms with E-state index in [1.54, 1.807) is 29.2 Å². The van der Waals surface area contributed by atoms with Gasteiger partial charge in [-0.15, -0.1) is 0 Å². The van der Waals surface area contributed by atoms with E-state index in [9.17, 15) is 14.4 Å². The van der Waals surface area contributed by atoms with Crippen molar-refractivity contribution in [1.29, 1.82) is 0 Å². The summed E-state index contributed by atoms with van der Waals surface area (Å²) in [4.78, 5) is 40.3. The van der Waals surface area contributed by atoms with Gasteiger partial charge < -0.3 is 19.9 Å². The fourth-order valence-corrected chi connectivity index (χ4v) is 4.02. The standard InChI is InChI=1S/C24H27N3O4/c28-22(25-19-8-12-20(13-9-19)26-14-2-1-3-15-26)17-31-24(30)18-6-10-21(11-7-18)27-16-4-5-23(27)29/h6-13H,1-5,14-17H2,(H,25,28). The molecule has 0 spiro atoms. The molecule has 2 aliphatic heterocycles. The van der Waals surface area contributed by atoms with Crippen LogP contribution in [0.25, 0.3) is 0 Å². The van der Waals surface area contributed by atoms with Crippen LogP contribution in [0.2, 0.25) is 0 Å². The molecule has 0 saturated carbocycles. The number of hydrogen-bond acceptors (Lipinski definition) is 5. The minimum Gasteiger partial charge on any atom is -0.452 e. The number of benzene rings is 2. The average Bonchev–Trinajstić information content (AvgIpc) is 3.24. The third-order valence-corrected chi connectivity index (χ3v) is 5.69. The van der Waals surface area contributed by atoms with E-state index in [0.717, 1.165) is 30.9 Å². The first-order valence-electron chi connectivity index (χ1n) is 10.8. The molecule has 1 N–H and O–H groups in total. The summed E-state index contributed by atoms with van der Waals surface area (Å²) in [5, 5.41) is 2.75. The van der Waals surface area contributed by atoms with Gasteiger partial charge in [-0.3, -0.25) is 9.59 Å². The first-order chi connectivity index (χ1) is 15.1. The van der Waals surface area contributed by atoms with Crippen molar-refractivity contribution in [2.75, 3.05) is 41.4 Å². The fraction of sp³-hybridized carbons (Fsp3) is 0.375. The van der Waals surface area contributed by atoms with Crippen LogP contribution in [-0.2, 0) is 14.3 Å². The highest BCUT2D eigenvalue weighted by Crippen LogP contribution is 2.23. The molecule has 2 aromatic carbocycles. The van der Waals surface area contributed by atoms with Gasteiger partial charge in [0, 0.05) is 43.1 Å². The highest BCUT2D eigenvalue weighted by molar-refractivity contribution is 5.97. The van der Waals surface area contributed by atoms with Crippen molar-refractivity contribution in [2.24, 2.45) is 0 Å². The van der Waals surface area contributed by atoms with Gasteiger partial charge >= 0.3 is 5.97 Å². The summed E-state index contributed by atoms with van der Waals surface area (Å²) in [6.45, 7) is 2.47. The lowest BCUT2D eigenvalue weighted by Crippen LogP contribution is -2.29. The molecule has 7 nitrogen and oxygen atoms in total. The molecule has 2 aliphatic rings. The van der Waals surface area contributed by atoms with Crippen LogP contribution in [0.4, 0.5) is 17.1 Å². The number of hydrogen-bond donors (Lipinski definition) is 1. The lowest BCUT2D eigenvalue weighted by Gasteiger charge is -2.28. The van der Waals surface area contributed by atoms with Gasteiger partial charge in [-0.2, -0.15) is 0 Å². The van der Waals surface area contributed by atoms with Crippen molar-refractivity contribution in [3.63, 3.8) is 0 Å². The fourth-order valence-electron chi connectivity index (χ4n) is 4.02. The van der Waals surface area contributed by atoms with E-state index < -0.39 is 11.9 Å². The largest absolute Gasteiger partial charge is 0.452 e. The van der Waals surface area contributed by atoms with Crippen molar-refractivity contribution in [2.45, 2.75) is 32.1 Å². The number of nitrogens with one attached hydrogen (secondary N) is 1. The number of anilines is 3. The molecule has 0 aromatic heterocycles. The van der Waals surface area contributed by atoms with Gasteiger partial charge in [0.05, 0.1) is 5.56 Å². The van der Waals surface area contributed by atoms with Gasteiger partial charge in [-0.25, -0.2) is 4.79 Å². The molecule has 0 atom stereocenters. The third-order valence-electron chi connectivity index (χ3n) is 5.69. The quantitative estimate of drug-likeness (QED) is 0.721. The van der Waals surface area contributed by atoms with Crippen molar-refractivity contribution in [1.82, 2.24) is 0 Å². The van der Waals surface area contributed by atoms with Crippen LogP contribution in [-0.4, -0.2) is 44.0 Å². The maximum atomic E-state index is 12.2. The zero-order valence-corrected chi connectivity index (χ0v) is 17.5. The summed E-state index contributed by atoms with van der Waals surface area (Å²) in [6.07, 6.45) is 5.11. The smallest absolute Gasteiger partial charge is 0.338 e. The van der Waals surface area contributed by atoms with Gasteiger partial charge in [-0.05, 0) is 74.2 Å². The number of amides is 2. The highest BCUT2D eigenvalue weighted by Gasteiger charge is 2.22. The molecular weight excluding hydrogens is 394 g/mol. The Kier molecular flexibility index (Phi) is 6.50. The van der Waals surface area contributed by atoms with Crippen LogP contribution in [0.5, 0.6) is 0 Å². The monoisotopic (exact) mass is 421 g/mol. The minimum absolute atomic E-state index is 0.0935. The Labute approximate surface area is 182 Å². The molecule has 0 unspecified atom stereocenters. The molecule has 2 saturated heterocycles. The molecule has 2 heterocycles. The lowest BCUT2D eigenvalue weighted by atomic mass is 10.1. The number of ether oxygens (including phenoxy) is 1. The molecule has 31 heavy (non-hydrogen) atoms. The first kappa shape index (κ1) is 20.9. The van der Waals surface area contributed by atoms with E-state index in [1.807, 2.05) is 24.3 Å². The molecule has 2 amide bonds. The van der Waals surface area contributed by atoms with E-state index in [2.05, 4.69) is 10.2 Å². The summed E-state index contributed by atoms with van der Waals surface area (Å²) in [5.41, 5.74) is 2.93. The summed E-state index contributed by atoms with van der Waals surface area (Å²) in [7, 11) is 0. The van der Waals surface area contributed by atoms with E-state index in [1.165, 1.54) is 19.3 Å². The second-order valence-electron chi connectivity index (χ2n) is 7.91. The summed E-state index contributed by atoms with van der Waals surface area (Å²) in [5.74, 6) is -0.871. The summed E-state index contributed by atoms with van der Waals surface area (Å²) >= 11 is 0. The van der Waals surface area contributed by atoms with Crippen molar-refractivity contribution in [3.8, 4) is 0 Å². The Balaban J connectivity index is 1.25. The van der Waals surface area contributed by atoms with Crippen molar-refractivity contribution < 1.29 is 19.1 Å². The molecule has 4 rings (SSSR count). The van der Waals surface area contributed by atoms with Gasteiger partial charge in [0.1, 0.15) is 0 Å². The Bertz CT molecular complexity index is 934. The molecule has 7 heteroatoms. The predicted molar refractivity (Wildman–Crippen MR) is 119 cm³/mol. The zero-order valence-electron chi connectivity index (χ0n) is 17.5. The highest BCUT2D eigenvalue weighted by atomic mass is 16.5. The normalized spacial score (nSPS) is 16.3. The third kappa shape index (κ3) is 5.23. The molecule has 2 fully saturated rings. The predicted octanol–water partition coefficient (Wildman–Crippen LogP) is 3.60. The topological polar surface area (TPSA) is 79.0 Å². The van der Waals surface area contributed by atoms with Crippen molar-refractivity contribution in [3.05, 3.63) is 54.1 Å². The zero-order chi connectivity index (χ0) is 21.6. The maximum Gasteiger partial charge on any atom is 0.338 e. The molecule has 0 bridgehead atoms. The van der Waals surface area contributed by atoms with Crippen molar-refractivity contribution >= 4 is 34.8 Å². The summed E-state index contributed by atoms with van der Waals surface area (Å²) in [6, 6.07) is 14.4. The number of rotatable bonds is 6. The molecule has 0 radical (unpaired) electrons. The number of carbonyl (C=O) groups excluding carboxylic acids is 3. The number of esters is 1. The van der Waals surface area contributed by atoms with E-state index in [4.69, 9.17) is 4.74 Å². The molecule has 2 aromatic rings. The van der Waals surface area contributed by atoms with Crippen LogP contribution in [0.15, 0.2) is 48.5 Å². The van der Waals surface area contributed by atoms with E-state index in [0.29, 0.717) is 24.2 Å². The Morgan fingerprint density at radius 3 is 2.16 bits per heavy atom. The molecule has 162 valence electrons. The van der Waals surface area contributed by atoms with Gasteiger partial charge in [-0.1, -0.05) is 0 Å². The van der Waals surface area contributed by atoms with Crippen LogP contribution in [0.1, 0.15) is 42.5 Å². The van der Waals surface area contributed by atoms with Crippen LogP contribution < -0.4 is 15.1 Å². The minimum atomic E-state index is -0.574. The lowest BCUT2D eigenvalue weighted by molar-refractivity contribution is -0.119. The second-order valence-corrected chi connectivity index (χ2v) is 7.91. The maximum absolute atomic E-state index is 12.2. The number of piperidine rings is 1. The average molecular weight is 421 g/mol. The van der Waals surface area contributed by atoms with Gasteiger partial charge in [0.2, 0.25) is 5.91 Å². The Morgan fingerprint density at radius 1 is 0.839 bits per heavy atom. The van der Waals surface area contributed by atoms with Crippen LogP contribution in [0, 0.1) is 0 Å². The SMILES string of the molecule is O=C(COC(=O)c1ccc(N2CCCC2=O)cc1)Nc1ccc(N2CCCCC2)cc1.